The maximum atomic E-state index is 10.0. The molecule has 0 atom stereocenters. The van der Waals surface area contributed by atoms with Crippen molar-refractivity contribution in [1.29, 1.82) is 5.41 Å². The molecular weight excluding hydrogens is 214 g/mol. The van der Waals surface area contributed by atoms with Crippen molar-refractivity contribution in [2.45, 2.75) is 19.3 Å². The summed E-state index contributed by atoms with van der Waals surface area (Å²) in [7, 11) is 0. The van der Waals surface area contributed by atoms with Crippen LogP contribution in [0.15, 0.2) is 18.3 Å². The van der Waals surface area contributed by atoms with Crippen molar-refractivity contribution < 1.29 is 5.11 Å². The van der Waals surface area contributed by atoms with Gasteiger partial charge in [-0.05, 0) is 24.5 Å². The monoisotopic (exact) mass is 227 g/mol. The SMILES string of the molecule is N=C1CCc2c(ncc3cc(N)cc(O)c23)C1. The first-order chi connectivity index (χ1) is 8.15. The van der Waals surface area contributed by atoms with Crippen LogP contribution in [0.3, 0.4) is 0 Å². The highest BCUT2D eigenvalue weighted by molar-refractivity contribution is 5.96. The van der Waals surface area contributed by atoms with Gasteiger partial charge in [-0.1, -0.05) is 0 Å². The predicted molar refractivity (Wildman–Crippen MR) is 67.6 cm³/mol. The fourth-order valence-corrected chi connectivity index (χ4v) is 2.46. The zero-order valence-electron chi connectivity index (χ0n) is 9.33. The standard InChI is InChI=1S/C13H13N3O/c14-8-1-2-10-11(4-8)16-6-7-3-9(15)5-12(17)13(7)10/h3,5-6,14,17H,1-2,4,15H2. The summed E-state index contributed by atoms with van der Waals surface area (Å²) in [5.41, 5.74) is 8.93. The van der Waals surface area contributed by atoms with Gasteiger partial charge in [-0.15, -0.1) is 0 Å². The summed E-state index contributed by atoms with van der Waals surface area (Å²) >= 11 is 0. The third-order valence-corrected chi connectivity index (χ3v) is 3.24. The van der Waals surface area contributed by atoms with E-state index in [0.717, 1.165) is 34.9 Å². The van der Waals surface area contributed by atoms with Gasteiger partial charge in [-0.2, -0.15) is 0 Å². The Labute approximate surface area is 98.6 Å². The zero-order valence-corrected chi connectivity index (χ0v) is 9.33. The van der Waals surface area contributed by atoms with Crippen molar-refractivity contribution in [2.24, 2.45) is 0 Å². The largest absolute Gasteiger partial charge is 0.507 e. The molecule has 1 aliphatic rings. The van der Waals surface area contributed by atoms with Crippen molar-refractivity contribution in [3.8, 4) is 5.75 Å². The smallest absolute Gasteiger partial charge is 0.125 e. The highest BCUT2D eigenvalue weighted by atomic mass is 16.3. The number of phenolic OH excluding ortho intramolecular Hbond substituents is 1. The van der Waals surface area contributed by atoms with Gasteiger partial charge in [-0.3, -0.25) is 4.98 Å². The lowest BCUT2D eigenvalue weighted by atomic mass is 9.90. The Balaban J connectivity index is 2.34. The van der Waals surface area contributed by atoms with E-state index in [1.54, 1.807) is 12.3 Å². The van der Waals surface area contributed by atoms with Gasteiger partial charge in [0.2, 0.25) is 0 Å². The van der Waals surface area contributed by atoms with E-state index in [4.69, 9.17) is 11.1 Å². The molecule has 0 fully saturated rings. The summed E-state index contributed by atoms with van der Waals surface area (Å²) in [6, 6.07) is 3.39. The van der Waals surface area contributed by atoms with E-state index < -0.39 is 0 Å². The number of rotatable bonds is 0. The van der Waals surface area contributed by atoms with E-state index in [9.17, 15) is 5.11 Å². The molecule has 3 rings (SSSR count). The second-order valence-electron chi connectivity index (χ2n) is 4.47. The molecule has 86 valence electrons. The maximum absolute atomic E-state index is 10.0. The molecule has 0 unspecified atom stereocenters. The van der Waals surface area contributed by atoms with Gasteiger partial charge in [0.1, 0.15) is 5.75 Å². The molecule has 17 heavy (non-hydrogen) atoms. The number of fused-ring (bicyclic) bond motifs is 3. The minimum Gasteiger partial charge on any atom is -0.507 e. The van der Waals surface area contributed by atoms with Gasteiger partial charge in [0.15, 0.2) is 0 Å². The highest BCUT2D eigenvalue weighted by Gasteiger charge is 2.18. The molecule has 0 saturated carbocycles. The lowest BCUT2D eigenvalue weighted by Gasteiger charge is -2.18. The molecule has 0 saturated heterocycles. The van der Waals surface area contributed by atoms with Crippen LogP contribution in [-0.2, 0) is 12.8 Å². The van der Waals surface area contributed by atoms with Crippen LogP contribution in [0.4, 0.5) is 5.69 Å². The van der Waals surface area contributed by atoms with E-state index >= 15 is 0 Å². The number of nitrogens with one attached hydrogen (secondary N) is 1. The molecule has 0 radical (unpaired) electrons. The first-order valence-corrected chi connectivity index (χ1v) is 5.60. The molecule has 0 amide bonds. The van der Waals surface area contributed by atoms with Crippen molar-refractivity contribution >= 4 is 22.2 Å². The van der Waals surface area contributed by atoms with Gasteiger partial charge < -0.3 is 16.2 Å². The molecule has 0 aliphatic heterocycles. The molecular formula is C13H13N3O. The van der Waals surface area contributed by atoms with E-state index in [-0.39, 0.29) is 5.75 Å². The van der Waals surface area contributed by atoms with Crippen LogP contribution >= 0.6 is 0 Å². The molecule has 1 aliphatic carbocycles. The summed E-state index contributed by atoms with van der Waals surface area (Å²) in [5.74, 6) is 0.215. The Kier molecular flexibility index (Phi) is 2.04. The Bertz CT molecular complexity index is 634. The number of nitrogen functional groups attached to an aromatic ring is 1. The first-order valence-electron chi connectivity index (χ1n) is 5.60. The quantitative estimate of drug-likeness (QED) is 0.602. The lowest BCUT2D eigenvalue weighted by molar-refractivity contribution is 0.481. The number of hydrogen-bond acceptors (Lipinski definition) is 4. The van der Waals surface area contributed by atoms with Crippen LogP contribution in [0.5, 0.6) is 5.75 Å². The minimum atomic E-state index is 0.215. The number of aromatic nitrogens is 1. The molecule has 1 aromatic heterocycles. The fourth-order valence-electron chi connectivity index (χ4n) is 2.46. The van der Waals surface area contributed by atoms with E-state index in [0.29, 0.717) is 17.8 Å². The Morgan fingerprint density at radius 2 is 2.12 bits per heavy atom. The van der Waals surface area contributed by atoms with Crippen molar-refractivity contribution in [1.82, 2.24) is 4.98 Å². The number of phenols is 1. The van der Waals surface area contributed by atoms with Crippen molar-refractivity contribution in [2.75, 3.05) is 5.73 Å². The third-order valence-electron chi connectivity index (χ3n) is 3.24. The first kappa shape index (κ1) is 10.1. The van der Waals surface area contributed by atoms with Gasteiger partial charge in [-0.25, -0.2) is 0 Å². The van der Waals surface area contributed by atoms with Crippen LogP contribution < -0.4 is 5.73 Å². The molecule has 4 heteroatoms. The van der Waals surface area contributed by atoms with E-state index in [1.807, 2.05) is 6.07 Å². The average Bonchev–Trinajstić information content (AvgIpc) is 2.28. The molecule has 1 aromatic carbocycles. The van der Waals surface area contributed by atoms with Gasteiger partial charge in [0.25, 0.3) is 0 Å². The van der Waals surface area contributed by atoms with Gasteiger partial charge in [0, 0.05) is 46.5 Å². The number of aromatic hydroxyl groups is 1. The fraction of sp³-hybridized carbons (Fsp3) is 0.231. The second kappa shape index (κ2) is 3.45. The molecule has 4 N–H and O–H groups in total. The van der Waals surface area contributed by atoms with Crippen LogP contribution in [0.1, 0.15) is 17.7 Å². The highest BCUT2D eigenvalue weighted by Crippen LogP contribution is 2.34. The summed E-state index contributed by atoms with van der Waals surface area (Å²) in [6.45, 7) is 0. The number of aryl methyl sites for hydroxylation is 1. The van der Waals surface area contributed by atoms with Gasteiger partial charge >= 0.3 is 0 Å². The minimum absolute atomic E-state index is 0.215. The summed E-state index contributed by atoms with van der Waals surface area (Å²) < 4.78 is 0. The van der Waals surface area contributed by atoms with E-state index in [2.05, 4.69) is 4.98 Å². The Hall–Kier alpha value is -2.10. The van der Waals surface area contributed by atoms with Crippen molar-refractivity contribution in [3.63, 3.8) is 0 Å². The van der Waals surface area contributed by atoms with Crippen LogP contribution in [0.25, 0.3) is 10.8 Å². The maximum Gasteiger partial charge on any atom is 0.125 e. The Morgan fingerprint density at radius 3 is 2.94 bits per heavy atom. The lowest BCUT2D eigenvalue weighted by Crippen LogP contribution is -2.14. The summed E-state index contributed by atoms with van der Waals surface area (Å²) in [5, 5.41) is 19.4. The van der Waals surface area contributed by atoms with Crippen LogP contribution in [-0.4, -0.2) is 15.8 Å². The predicted octanol–water partition coefficient (Wildman–Crippen LogP) is 2.03. The normalized spacial score (nSPS) is 14.9. The second-order valence-corrected chi connectivity index (χ2v) is 4.47. The number of nitrogens with two attached hydrogens (primary N) is 1. The average molecular weight is 227 g/mol. The van der Waals surface area contributed by atoms with Crippen LogP contribution in [0.2, 0.25) is 0 Å². The van der Waals surface area contributed by atoms with Crippen LogP contribution in [0, 0.1) is 5.41 Å². The van der Waals surface area contributed by atoms with Crippen molar-refractivity contribution in [3.05, 3.63) is 29.6 Å². The number of benzene rings is 1. The number of nitrogens with zero attached hydrogens (tertiary/aromatic N) is 1. The molecule has 2 aromatic rings. The van der Waals surface area contributed by atoms with Gasteiger partial charge in [0.05, 0.1) is 0 Å². The summed E-state index contributed by atoms with van der Waals surface area (Å²) in [4.78, 5) is 4.37. The van der Waals surface area contributed by atoms with E-state index in [1.165, 1.54) is 0 Å². The topological polar surface area (TPSA) is 83.0 Å². The molecule has 0 spiro atoms. The molecule has 0 bridgehead atoms. The summed E-state index contributed by atoms with van der Waals surface area (Å²) in [6.07, 6.45) is 3.84. The Morgan fingerprint density at radius 1 is 1.29 bits per heavy atom. The number of anilines is 1. The molecule has 1 heterocycles. The number of pyridine rings is 1. The number of hydrogen-bond donors (Lipinski definition) is 3. The third kappa shape index (κ3) is 1.53. The molecule has 4 nitrogen and oxygen atoms in total. The zero-order chi connectivity index (χ0) is 12.0.